The number of aryl methyl sites for hydroxylation is 2. The maximum Gasteiger partial charge on any atom is 0.254 e. The number of pyridine rings is 1. The number of hydrogen-bond acceptors (Lipinski definition) is 5. The lowest BCUT2D eigenvalue weighted by Gasteiger charge is -2.13. The Morgan fingerprint density at radius 1 is 1.15 bits per heavy atom. The van der Waals surface area contributed by atoms with E-state index in [1.54, 1.807) is 32.0 Å². The van der Waals surface area contributed by atoms with Crippen molar-refractivity contribution in [2.75, 3.05) is 20.3 Å². The molecular weight excluding hydrogens is 356 g/mol. The maximum absolute atomic E-state index is 12.5. The fourth-order valence-electron chi connectivity index (χ4n) is 2.58. The molecule has 8 heteroatoms. The van der Waals surface area contributed by atoms with Crippen molar-refractivity contribution in [1.82, 2.24) is 9.29 Å². The van der Waals surface area contributed by atoms with Crippen molar-refractivity contribution < 1.29 is 17.9 Å². The molecule has 0 atom stereocenters. The van der Waals surface area contributed by atoms with E-state index in [2.05, 4.69) is 4.72 Å². The zero-order valence-corrected chi connectivity index (χ0v) is 16.2. The van der Waals surface area contributed by atoms with Crippen molar-refractivity contribution in [3.8, 4) is 11.5 Å². The number of hydrogen-bond donors (Lipinski definition) is 1. The Morgan fingerprint density at radius 3 is 2.46 bits per heavy atom. The number of aromatic nitrogens is 1. The molecule has 26 heavy (non-hydrogen) atoms. The molecule has 0 fully saturated rings. The summed E-state index contributed by atoms with van der Waals surface area (Å²) in [6.07, 6.45) is 0. The molecule has 142 valence electrons. The lowest BCUT2D eigenvalue weighted by Crippen LogP contribution is -2.31. The molecule has 7 nitrogen and oxygen atoms in total. The zero-order chi connectivity index (χ0) is 19.3. The van der Waals surface area contributed by atoms with Crippen LogP contribution in [0.15, 0.2) is 40.0 Å². The van der Waals surface area contributed by atoms with Crippen molar-refractivity contribution in [2.24, 2.45) is 0 Å². The summed E-state index contributed by atoms with van der Waals surface area (Å²) in [6.45, 7) is 6.28. The van der Waals surface area contributed by atoms with E-state index in [0.29, 0.717) is 23.8 Å². The highest BCUT2D eigenvalue weighted by atomic mass is 32.2. The second kappa shape index (κ2) is 8.37. The van der Waals surface area contributed by atoms with Crippen LogP contribution in [-0.2, 0) is 16.6 Å². The lowest BCUT2D eigenvalue weighted by atomic mass is 10.2. The van der Waals surface area contributed by atoms with Gasteiger partial charge in [0.2, 0.25) is 10.0 Å². The Kier molecular flexibility index (Phi) is 6.44. The van der Waals surface area contributed by atoms with Crippen LogP contribution in [0.2, 0.25) is 0 Å². The van der Waals surface area contributed by atoms with E-state index >= 15 is 0 Å². The molecule has 0 radical (unpaired) electrons. The summed E-state index contributed by atoms with van der Waals surface area (Å²) >= 11 is 0. The minimum absolute atomic E-state index is 0.0989. The highest BCUT2D eigenvalue weighted by Gasteiger charge is 2.15. The van der Waals surface area contributed by atoms with Crippen molar-refractivity contribution in [2.45, 2.75) is 32.2 Å². The van der Waals surface area contributed by atoms with Crippen LogP contribution in [0, 0.1) is 13.8 Å². The molecule has 0 aliphatic carbocycles. The molecular formula is C18H24N2O5S. The van der Waals surface area contributed by atoms with Gasteiger partial charge in [-0.15, -0.1) is 0 Å². The fourth-order valence-corrected chi connectivity index (χ4v) is 3.69. The Balaban J connectivity index is 2.10. The quantitative estimate of drug-likeness (QED) is 0.755. The number of nitrogens with zero attached hydrogens (tertiary/aromatic N) is 1. The summed E-state index contributed by atoms with van der Waals surface area (Å²) < 4.78 is 39.4. The molecule has 0 saturated heterocycles. The SMILES string of the molecule is CCOc1ccc(S(=O)(=O)NCCn2c(C)cc(OC)cc2=O)cc1C. The smallest absolute Gasteiger partial charge is 0.254 e. The predicted molar refractivity (Wildman–Crippen MR) is 99.5 cm³/mol. The van der Waals surface area contributed by atoms with Crippen LogP contribution >= 0.6 is 0 Å². The molecule has 0 unspecified atom stereocenters. The molecule has 0 bridgehead atoms. The van der Waals surface area contributed by atoms with Crippen LogP contribution in [-0.4, -0.2) is 33.2 Å². The Labute approximate surface area is 153 Å². The van der Waals surface area contributed by atoms with E-state index in [-0.39, 0.29) is 23.5 Å². The van der Waals surface area contributed by atoms with Crippen LogP contribution in [0.1, 0.15) is 18.2 Å². The largest absolute Gasteiger partial charge is 0.496 e. The number of nitrogens with one attached hydrogen (secondary N) is 1. The van der Waals surface area contributed by atoms with Gasteiger partial charge in [-0.25, -0.2) is 13.1 Å². The van der Waals surface area contributed by atoms with Gasteiger partial charge < -0.3 is 14.0 Å². The van der Waals surface area contributed by atoms with Gasteiger partial charge in [-0.2, -0.15) is 0 Å². The monoisotopic (exact) mass is 380 g/mol. The average molecular weight is 380 g/mol. The number of ether oxygens (including phenoxy) is 2. The molecule has 0 spiro atoms. The van der Waals surface area contributed by atoms with Gasteiger partial charge in [0.15, 0.2) is 0 Å². The molecule has 0 aliphatic rings. The van der Waals surface area contributed by atoms with Crippen LogP contribution in [0.25, 0.3) is 0 Å². The topological polar surface area (TPSA) is 86.6 Å². The van der Waals surface area contributed by atoms with Crippen LogP contribution < -0.4 is 19.8 Å². The third kappa shape index (κ3) is 4.64. The average Bonchev–Trinajstić information content (AvgIpc) is 2.58. The van der Waals surface area contributed by atoms with E-state index in [1.807, 2.05) is 6.92 Å². The molecule has 1 aromatic carbocycles. The van der Waals surface area contributed by atoms with Crippen LogP contribution in [0.5, 0.6) is 11.5 Å². The molecule has 2 rings (SSSR count). The summed E-state index contributed by atoms with van der Waals surface area (Å²) in [5, 5.41) is 0. The minimum atomic E-state index is -3.67. The maximum atomic E-state index is 12.5. The Hall–Kier alpha value is -2.32. The Morgan fingerprint density at radius 2 is 1.88 bits per heavy atom. The van der Waals surface area contributed by atoms with E-state index in [4.69, 9.17) is 9.47 Å². The van der Waals surface area contributed by atoms with Crippen molar-refractivity contribution in [1.29, 1.82) is 0 Å². The van der Waals surface area contributed by atoms with Crippen molar-refractivity contribution in [3.63, 3.8) is 0 Å². The van der Waals surface area contributed by atoms with Crippen molar-refractivity contribution in [3.05, 3.63) is 51.9 Å². The first-order chi connectivity index (χ1) is 12.3. The fraction of sp³-hybridized carbons (Fsp3) is 0.389. The zero-order valence-electron chi connectivity index (χ0n) is 15.4. The molecule has 1 heterocycles. The standard InChI is InChI=1S/C18H24N2O5S/c1-5-25-17-7-6-16(10-13(17)2)26(22,23)19-8-9-20-14(3)11-15(24-4)12-18(20)21/h6-7,10-12,19H,5,8-9H2,1-4H3. The van der Waals surface area contributed by atoms with E-state index in [1.165, 1.54) is 23.8 Å². The van der Waals surface area contributed by atoms with Crippen LogP contribution in [0.4, 0.5) is 0 Å². The minimum Gasteiger partial charge on any atom is -0.496 e. The third-order valence-electron chi connectivity index (χ3n) is 3.93. The summed E-state index contributed by atoms with van der Waals surface area (Å²) in [5.74, 6) is 1.14. The second-order valence-electron chi connectivity index (χ2n) is 5.78. The molecule has 0 saturated carbocycles. The normalized spacial score (nSPS) is 11.4. The van der Waals surface area contributed by atoms with Crippen LogP contribution in [0.3, 0.4) is 0 Å². The highest BCUT2D eigenvalue weighted by molar-refractivity contribution is 7.89. The summed E-state index contributed by atoms with van der Waals surface area (Å²) in [4.78, 5) is 12.2. The predicted octanol–water partition coefficient (Wildman–Crippen LogP) is 1.85. The van der Waals surface area contributed by atoms with E-state index in [0.717, 1.165) is 5.56 Å². The van der Waals surface area contributed by atoms with Gasteiger partial charge in [-0.3, -0.25) is 4.79 Å². The molecule has 0 aliphatic heterocycles. The first-order valence-electron chi connectivity index (χ1n) is 8.27. The number of sulfonamides is 1. The summed E-state index contributed by atoms with van der Waals surface area (Å²) in [5.41, 5.74) is 1.21. The van der Waals surface area contributed by atoms with Gasteiger partial charge in [0.05, 0.1) is 18.6 Å². The summed E-state index contributed by atoms with van der Waals surface area (Å²) in [6, 6.07) is 7.82. The molecule has 0 amide bonds. The molecule has 2 aromatic rings. The molecule has 1 N–H and O–H groups in total. The Bertz CT molecular complexity index is 935. The summed E-state index contributed by atoms with van der Waals surface area (Å²) in [7, 11) is -2.18. The number of methoxy groups -OCH3 is 1. The second-order valence-corrected chi connectivity index (χ2v) is 7.55. The first kappa shape index (κ1) is 20.0. The van der Waals surface area contributed by atoms with E-state index in [9.17, 15) is 13.2 Å². The first-order valence-corrected chi connectivity index (χ1v) is 9.75. The lowest BCUT2D eigenvalue weighted by molar-refractivity contribution is 0.337. The van der Waals surface area contributed by atoms with Gasteiger partial charge in [0, 0.05) is 24.8 Å². The highest BCUT2D eigenvalue weighted by Crippen LogP contribution is 2.21. The van der Waals surface area contributed by atoms with Gasteiger partial charge in [-0.05, 0) is 50.6 Å². The number of benzene rings is 1. The third-order valence-corrected chi connectivity index (χ3v) is 5.39. The van der Waals surface area contributed by atoms with Gasteiger partial charge in [0.25, 0.3) is 5.56 Å². The van der Waals surface area contributed by atoms with Gasteiger partial charge >= 0.3 is 0 Å². The molecule has 1 aromatic heterocycles. The van der Waals surface area contributed by atoms with Gasteiger partial charge in [0.1, 0.15) is 11.5 Å². The van der Waals surface area contributed by atoms with Crippen molar-refractivity contribution >= 4 is 10.0 Å². The number of rotatable bonds is 8. The van der Waals surface area contributed by atoms with E-state index < -0.39 is 10.0 Å². The van der Waals surface area contributed by atoms with Gasteiger partial charge in [-0.1, -0.05) is 0 Å².